The number of nitrogens with one attached hydrogen (secondary N) is 1. The smallest absolute Gasteiger partial charge is 0.325 e. The van der Waals surface area contributed by atoms with Gasteiger partial charge in [-0.3, -0.25) is 14.5 Å². The van der Waals surface area contributed by atoms with E-state index in [-0.39, 0.29) is 19.2 Å². The fourth-order valence-electron chi connectivity index (χ4n) is 4.58. The fourth-order valence-corrected chi connectivity index (χ4v) is 4.58. The molecule has 34 heavy (non-hydrogen) atoms. The monoisotopic (exact) mass is 467 g/mol. The third kappa shape index (κ3) is 3.46. The number of benzene rings is 2. The number of ether oxygens (including phenoxy) is 4. The second kappa shape index (κ2) is 8.12. The van der Waals surface area contributed by atoms with Crippen LogP contribution < -0.4 is 24.3 Å². The molecular formula is C24H25N3O7. The van der Waals surface area contributed by atoms with E-state index >= 15 is 0 Å². The van der Waals surface area contributed by atoms with Crippen LogP contribution in [0.2, 0.25) is 0 Å². The Labute approximate surface area is 196 Å². The van der Waals surface area contributed by atoms with E-state index in [4.69, 9.17) is 18.9 Å². The molecule has 10 nitrogen and oxygen atoms in total. The van der Waals surface area contributed by atoms with Gasteiger partial charge in [-0.05, 0) is 54.3 Å². The van der Waals surface area contributed by atoms with Crippen molar-refractivity contribution in [2.45, 2.75) is 25.4 Å². The van der Waals surface area contributed by atoms with E-state index in [1.165, 1.54) is 0 Å². The number of urea groups is 1. The second-order valence-electron chi connectivity index (χ2n) is 8.56. The Balaban J connectivity index is 1.31. The highest BCUT2D eigenvalue weighted by Crippen LogP contribution is 2.38. The third-order valence-corrected chi connectivity index (χ3v) is 6.59. The quantitative estimate of drug-likeness (QED) is 0.668. The van der Waals surface area contributed by atoms with Crippen molar-refractivity contribution in [2.24, 2.45) is 0 Å². The lowest BCUT2D eigenvalue weighted by atomic mass is 9.91. The van der Waals surface area contributed by atoms with Crippen LogP contribution in [0.3, 0.4) is 0 Å². The summed E-state index contributed by atoms with van der Waals surface area (Å²) in [5.74, 6) is 1.52. The van der Waals surface area contributed by atoms with Crippen molar-refractivity contribution < 1.29 is 33.3 Å². The molecule has 1 saturated heterocycles. The van der Waals surface area contributed by atoms with Crippen molar-refractivity contribution in [1.29, 1.82) is 0 Å². The van der Waals surface area contributed by atoms with Crippen molar-refractivity contribution in [2.75, 3.05) is 34.1 Å². The molecule has 2 aromatic carbocycles. The molecule has 0 saturated carbocycles. The highest BCUT2D eigenvalue weighted by Gasteiger charge is 2.50. The van der Waals surface area contributed by atoms with E-state index in [9.17, 15) is 14.4 Å². The molecule has 1 unspecified atom stereocenters. The molecule has 3 aliphatic rings. The molecular weight excluding hydrogens is 442 g/mol. The van der Waals surface area contributed by atoms with Crippen molar-refractivity contribution in [3.8, 4) is 23.0 Å². The van der Waals surface area contributed by atoms with Crippen molar-refractivity contribution in [3.63, 3.8) is 0 Å². The SMILES string of the molecule is COc1cc2c(cc1OC)CN(C(=O)CN1C(=O)NC(C)(c3ccc4c(c3)OCO4)C1=O)CC2. The summed E-state index contributed by atoms with van der Waals surface area (Å²) in [4.78, 5) is 41.7. The summed E-state index contributed by atoms with van der Waals surface area (Å²) in [6, 6.07) is 8.25. The highest BCUT2D eigenvalue weighted by atomic mass is 16.7. The summed E-state index contributed by atoms with van der Waals surface area (Å²) < 4.78 is 21.5. The number of carbonyl (C=O) groups is 3. The van der Waals surface area contributed by atoms with Gasteiger partial charge in [-0.2, -0.15) is 0 Å². The van der Waals surface area contributed by atoms with Gasteiger partial charge >= 0.3 is 6.03 Å². The molecule has 2 aromatic rings. The molecule has 4 amide bonds. The van der Waals surface area contributed by atoms with Gasteiger partial charge in [0.25, 0.3) is 5.91 Å². The molecule has 178 valence electrons. The van der Waals surface area contributed by atoms with E-state index in [1.807, 2.05) is 12.1 Å². The molecule has 1 fully saturated rings. The lowest BCUT2D eigenvalue weighted by molar-refractivity contribution is -0.139. The summed E-state index contributed by atoms with van der Waals surface area (Å²) in [5.41, 5.74) is 1.27. The molecule has 0 aromatic heterocycles. The number of imide groups is 1. The molecule has 5 rings (SSSR count). The first kappa shape index (κ1) is 21.9. The van der Waals surface area contributed by atoms with Crippen LogP contribution in [0.1, 0.15) is 23.6 Å². The number of methoxy groups -OCH3 is 2. The van der Waals surface area contributed by atoms with Gasteiger partial charge in [0.2, 0.25) is 12.7 Å². The maximum Gasteiger partial charge on any atom is 0.325 e. The summed E-state index contributed by atoms with van der Waals surface area (Å²) in [6.45, 7) is 2.22. The topological polar surface area (TPSA) is 107 Å². The standard InChI is InChI=1S/C24H25N3O7/c1-24(16-4-5-17-20(10-16)34-13-33-17)22(29)27(23(30)25-24)12-21(28)26-7-6-14-8-18(31-2)19(32-3)9-15(14)11-26/h4-5,8-10H,6-7,11-13H2,1-3H3,(H,25,30). The van der Waals surface area contributed by atoms with Gasteiger partial charge in [0.05, 0.1) is 14.2 Å². The van der Waals surface area contributed by atoms with Crippen LogP contribution in [-0.4, -0.2) is 61.7 Å². The fraction of sp³-hybridized carbons (Fsp3) is 0.375. The lowest BCUT2D eigenvalue weighted by Crippen LogP contribution is -2.45. The Hall–Kier alpha value is -3.95. The van der Waals surface area contributed by atoms with Gasteiger partial charge in [0, 0.05) is 13.1 Å². The summed E-state index contributed by atoms with van der Waals surface area (Å²) in [6.07, 6.45) is 0.635. The van der Waals surface area contributed by atoms with Gasteiger partial charge in [-0.15, -0.1) is 0 Å². The summed E-state index contributed by atoms with van der Waals surface area (Å²) in [5, 5.41) is 2.73. The number of nitrogens with zero attached hydrogens (tertiary/aromatic N) is 2. The number of fused-ring (bicyclic) bond motifs is 2. The first-order valence-electron chi connectivity index (χ1n) is 10.9. The van der Waals surface area contributed by atoms with Gasteiger partial charge in [0.1, 0.15) is 12.1 Å². The number of carbonyl (C=O) groups excluding carboxylic acids is 3. The highest BCUT2D eigenvalue weighted by molar-refractivity contribution is 6.09. The van der Waals surface area contributed by atoms with Gasteiger partial charge in [-0.1, -0.05) is 6.07 Å². The van der Waals surface area contributed by atoms with E-state index in [2.05, 4.69) is 5.32 Å². The number of hydrogen-bond acceptors (Lipinski definition) is 7. The third-order valence-electron chi connectivity index (χ3n) is 6.59. The largest absolute Gasteiger partial charge is 0.493 e. The zero-order chi connectivity index (χ0) is 24.0. The minimum atomic E-state index is -1.31. The van der Waals surface area contributed by atoms with Crippen molar-refractivity contribution >= 4 is 17.8 Å². The first-order valence-corrected chi connectivity index (χ1v) is 10.9. The lowest BCUT2D eigenvalue weighted by Gasteiger charge is -2.30. The Morgan fingerprint density at radius 1 is 1.06 bits per heavy atom. The van der Waals surface area contributed by atoms with Crippen LogP contribution in [0.5, 0.6) is 23.0 Å². The predicted molar refractivity (Wildman–Crippen MR) is 119 cm³/mol. The van der Waals surface area contributed by atoms with Crippen LogP contribution in [0, 0.1) is 0 Å². The minimum Gasteiger partial charge on any atom is -0.493 e. The normalized spacial score (nSPS) is 20.8. The first-order chi connectivity index (χ1) is 16.3. The summed E-state index contributed by atoms with van der Waals surface area (Å²) in [7, 11) is 3.14. The summed E-state index contributed by atoms with van der Waals surface area (Å²) >= 11 is 0. The Morgan fingerprint density at radius 2 is 1.76 bits per heavy atom. The Morgan fingerprint density at radius 3 is 2.50 bits per heavy atom. The van der Waals surface area contributed by atoms with Crippen LogP contribution in [0.15, 0.2) is 30.3 Å². The second-order valence-corrected chi connectivity index (χ2v) is 8.56. The molecule has 3 heterocycles. The van der Waals surface area contributed by atoms with E-state index in [0.717, 1.165) is 16.0 Å². The maximum atomic E-state index is 13.3. The predicted octanol–water partition coefficient (Wildman–Crippen LogP) is 1.78. The molecule has 1 N–H and O–H groups in total. The van der Waals surface area contributed by atoms with Crippen molar-refractivity contribution in [3.05, 3.63) is 47.0 Å². The molecule has 1 atom stereocenters. The van der Waals surface area contributed by atoms with Gasteiger partial charge in [-0.25, -0.2) is 4.79 Å². The molecule has 0 radical (unpaired) electrons. The number of rotatable bonds is 5. The molecule has 0 spiro atoms. The molecule has 0 aliphatic carbocycles. The van der Waals surface area contributed by atoms with Crippen LogP contribution in [0.25, 0.3) is 0 Å². The van der Waals surface area contributed by atoms with Gasteiger partial charge < -0.3 is 29.2 Å². The van der Waals surface area contributed by atoms with E-state index in [0.29, 0.717) is 48.1 Å². The number of hydrogen-bond donors (Lipinski definition) is 1. The zero-order valence-electron chi connectivity index (χ0n) is 19.2. The Kier molecular flexibility index (Phi) is 5.22. The van der Waals surface area contributed by atoms with E-state index in [1.54, 1.807) is 44.2 Å². The minimum absolute atomic E-state index is 0.105. The van der Waals surface area contributed by atoms with Crippen LogP contribution in [-0.2, 0) is 28.1 Å². The maximum absolute atomic E-state index is 13.3. The average molecular weight is 467 g/mol. The van der Waals surface area contributed by atoms with Crippen LogP contribution >= 0.6 is 0 Å². The molecule has 0 bridgehead atoms. The Bertz CT molecular complexity index is 1200. The van der Waals surface area contributed by atoms with Crippen molar-refractivity contribution in [1.82, 2.24) is 15.1 Å². The van der Waals surface area contributed by atoms with E-state index < -0.39 is 17.5 Å². The molecule has 3 aliphatic heterocycles. The number of amides is 4. The average Bonchev–Trinajstić information content (AvgIpc) is 3.40. The zero-order valence-corrected chi connectivity index (χ0v) is 19.2. The molecule has 10 heteroatoms. The van der Waals surface area contributed by atoms with Gasteiger partial charge in [0.15, 0.2) is 23.0 Å². The van der Waals surface area contributed by atoms with Crippen LogP contribution in [0.4, 0.5) is 4.79 Å².